The predicted octanol–water partition coefficient (Wildman–Crippen LogP) is 2.74. The zero-order valence-electron chi connectivity index (χ0n) is 11.1. The first kappa shape index (κ1) is 13.7. The molecular weight excluding hydrogens is 250 g/mol. The van der Waals surface area contributed by atoms with Crippen molar-refractivity contribution < 1.29 is 9.47 Å². The molecule has 1 aromatic carbocycles. The highest BCUT2D eigenvalue weighted by atomic mass is 35.5. The molecule has 1 heterocycles. The van der Waals surface area contributed by atoms with E-state index in [9.17, 15) is 0 Å². The first-order chi connectivity index (χ1) is 8.36. The van der Waals surface area contributed by atoms with Crippen LogP contribution in [0.25, 0.3) is 0 Å². The lowest BCUT2D eigenvalue weighted by atomic mass is 9.71. The fraction of sp³-hybridized carbons (Fsp3) is 0.571. The van der Waals surface area contributed by atoms with Gasteiger partial charge in [-0.15, -0.1) is 0 Å². The zero-order valence-corrected chi connectivity index (χ0v) is 11.9. The van der Waals surface area contributed by atoms with Gasteiger partial charge in [0.1, 0.15) is 5.75 Å². The van der Waals surface area contributed by atoms with Crippen molar-refractivity contribution in [2.75, 3.05) is 20.3 Å². The van der Waals surface area contributed by atoms with E-state index in [-0.39, 0.29) is 11.0 Å². The lowest BCUT2D eigenvalue weighted by Gasteiger charge is -2.46. The first-order valence-electron chi connectivity index (χ1n) is 6.07. The molecule has 2 N–H and O–H groups in total. The van der Waals surface area contributed by atoms with Crippen molar-refractivity contribution in [3.8, 4) is 5.75 Å². The van der Waals surface area contributed by atoms with Crippen molar-refractivity contribution in [3.05, 3.63) is 28.8 Å². The molecule has 0 bridgehead atoms. The molecule has 0 aromatic heterocycles. The molecule has 0 aliphatic carbocycles. The summed E-state index contributed by atoms with van der Waals surface area (Å²) in [5, 5.41) is 0.724. The molecule has 0 atom stereocenters. The topological polar surface area (TPSA) is 44.5 Å². The molecule has 18 heavy (non-hydrogen) atoms. The third-order valence-electron chi connectivity index (χ3n) is 3.30. The number of benzene rings is 1. The summed E-state index contributed by atoms with van der Waals surface area (Å²) in [6.45, 7) is 5.42. The predicted molar refractivity (Wildman–Crippen MR) is 73.4 cm³/mol. The molecule has 0 amide bonds. The van der Waals surface area contributed by atoms with E-state index in [0.717, 1.165) is 22.8 Å². The molecule has 1 saturated heterocycles. The monoisotopic (exact) mass is 269 g/mol. The van der Waals surface area contributed by atoms with Crippen LogP contribution in [0.2, 0.25) is 5.02 Å². The number of rotatable bonds is 4. The maximum absolute atomic E-state index is 6.36. The molecule has 100 valence electrons. The molecule has 1 aliphatic heterocycles. The molecule has 0 unspecified atom stereocenters. The zero-order chi connectivity index (χ0) is 13.4. The molecule has 0 radical (unpaired) electrons. The Labute approximate surface area is 113 Å². The van der Waals surface area contributed by atoms with E-state index in [1.54, 1.807) is 7.11 Å². The second-order valence-electron chi connectivity index (χ2n) is 5.78. The number of halogens is 1. The van der Waals surface area contributed by atoms with Gasteiger partial charge in [-0.2, -0.15) is 0 Å². The fourth-order valence-electron chi connectivity index (χ4n) is 2.63. The van der Waals surface area contributed by atoms with Crippen molar-refractivity contribution in [2.24, 2.45) is 5.73 Å². The van der Waals surface area contributed by atoms with E-state index in [1.807, 2.05) is 32.0 Å². The Morgan fingerprint density at radius 3 is 2.50 bits per heavy atom. The van der Waals surface area contributed by atoms with E-state index in [0.29, 0.717) is 13.2 Å². The summed E-state index contributed by atoms with van der Waals surface area (Å²) in [6.07, 6.45) is 0.853. The minimum Gasteiger partial charge on any atom is -0.497 e. The van der Waals surface area contributed by atoms with E-state index >= 15 is 0 Å². The summed E-state index contributed by atoms with van der Waals surface area (Å²) in [5.74, 6) is 0.770. The number of hydrogen-bond donors (Lipinski definition) is 1. The van der Waals surface area contributed by atoms with E-state index in [2.05, 4.69) is 0 Å². The van der Waals surface area contributed by atoms with Gasteiger partial charge in [-0.05, 0) is 38.0 Å². The minimum atomic E-state index is -0.243. The maximum Gasteiger partial charge on any atom is 0.120 e. The van der Waals surface area contributed by atoms with Crippen LogP contribution < -0.4 is 10.5 Å². The molecule has 1 fully saturated rings. The number of hydrogen-bond acceptors (Lipinski definition) is 3. The van der Waals surface area contributed by atoms with Gasteiger partial charge >= 0.3 is 0 Å². The summed E-state index contributed by atoms with van der Waals surface area (Å²) < 4.78 is 10.6. The average molecular weight is 270 g/mol. The van der Waals surface area contributed by atoms with Crippen LogP contribution in [0.1, 0.15) is 25.8 Å². The van der Waals surface area contributed by atoms with Crippen LogP contribution in [0.15, 0.2) is 18.2 Å². The third-order valence-corrected chi connectivity index (χ3v) is 3.61. The Morgan fingerprint density at radius 2 is 2.11 bits per heavy atom. The summed E-state index contributed by atoms with van der Waals surface area (Å²) in [6, 6.07) is 5.81. The molecule has 4 heteroatoms. The van der Waals surface area contributed by atoms with Gasteiger partial charge in [0, 0.05) is 16.0 Å². The van der Waals surface area contributed by atoms with Gasteiger partial charge < -0.3 is 15.2 Å². The van der Waals surface area contributed by atoms with E-state index in [1.165, 1.54) is 0 Å². The van der Waals surface area contributed by atoms with Gasteiger partial charge in [0.2, 0.25) is 0 Å². The SMILES string of the molecule is COc1ccc(C2(CC(C)(C)N)COC2)c(Cl)c1. The Kier molecular flexibility index (Phi) is 3.58. The van der Waals surface area contributed by atoms with Crippen molar-refractivity contribution in [2.45, 2.75) is 31.2 Å². The van der Waals surface area contributed by atoms with Crippen molar-refractivity contribution >= 4 is 11.6 Å². The highest BCUT2D eigenvalue weighted by Crippen LogP contribution is 2.42. The van der Waals surface area contributed by atoms with Gasteiger partial charge in [0.15, 0.2) is 0 Å². The van der Waals surface area contributed by atoms with Gasteiger partial charge in [-0.3, -0.25) is 0 Å². The van der Waals surface area contributed by atoms with Crippen LogP contribution in [0, 0.1) is 0 Å². The number of methoxy groups -OCH3 is 1. The molecular formula is C14H20ClNO2. The highest BCUT2D eigenvalue weighted by molar-refractivity contribution is 6.31. The Balaban J connectivity index is 2.33. The standard InChI is InChI=1S/C14H20ClNO2/c1-13(2,16)7-14(8-18-9-14)11-5-4-10(17-3)6-12(11)15/h4-6H,7-9,16H2,1-3H3. The van der Waals surface area contributed by atoms with Crippen LogP contribution in [-0.2, 0) is 10.2 Å². The normalized spacial score (nSPS) is 18.3. The largest absolute Gasteiger partial charge is 0.497 e. The summed E-state index contributed by atoms with van der Waals surface area (Å²) in [4.78, 5) is 0. The first-order valence-corrected chi connectivity index (χ1v) is 6.45. The smallest absolute Gasteiger partial charge is 0.120 e. The quantitative estimate of drug-likeness (QED) is 0.914. The number of nitrogens with two attached hydrogens (primary N) is 1. The highest BCUT2D eigenvalue weighted by Gasteiger charge is 2.44. The summed E-state index contributed by atoms with van der Waals surface area (Å²) >= 11 is 6.36. The molecule has 3 nitrogen and oxygen atoms in total. The third kappa shape index (κ3) is 2.63. The Morgan fingerprint density at radius 1 is 1.44 bits per heavy atom. The number of ether oxygens (including phenoxy) is 2. The molecule has 1 aromatic rings. The molecule has 0 saturated carbocycles. The Bertz CT molecular complexity index is 436. The van der Waals surface area contributed by atoms with Crippen molar-refractivity contribution in [3.63, 3.8) is 0 Å². The summed E-state index contributed by atoms with van der Waals surface area (Å²) in [7, 11) is 1.64. The van der Waals surface area contributed by atoms with Crippen LogP contribution >= 0.6 is 11.6 Å². The van der Waals surface area contributed by atoms with Crippen LogP contribution in [0.5, 0.6) is 5.75 Å². The Hall–Kier alpha value is -0.770. The average Bonchev–Trinajstić information content (AvgIpc) is 2.22. The van der Waals surface area contributed by atoms with Gasteiger partial charge in [-0.25, -0.2) is 0 Å². The lowest BCUT2D eigenvalue weighted by molar-refractivity contribution is -0.0718. The molecule has 2 rings (SSSR count). The fourth-order valence-corrected chi connectivity index (χ4v) is 3.00. The molecule has 0 spiro atoms. The lowest BCUT2D eigenvalue weighted by Crippen LogP contribution is -2.53. The second kappa shape index (κ2) is 4.72. The van der Waals surface area contributed by atoms with Gasteiger partial charge in [0.05, 0.1) is 20.3 Å². The van der Waals surface area contributed by atoms with E-state index in [4.69, 9.17) is 26.8 Å². The maximum atomic E-state index is 6.36. The van der Waals surface area contributed by atoms with Gasteiger partial charge in [-0.1, -0.05) is 17.7 Å². The minimum absolute atomic E-state index is 0.0540. The summed E-state index contributed by atoms with van der Waals surface area (Å²) in [5.41, 5.74) is 6.96. The van der Waals surface area contributed by atoms with Gasteiger partial charge in [0.25, 0.3) is 0 Å². The van der Waals surface area contributed by atoms with Crippen molar-refractivity contribution in [1.29, 1.82) is 0 Å². The van der Waals surface area contributed by atoms with Crippen LogP contribution in [0.3, 0.4) is 0 Å². The van der Waals surface area contributed by atoms with Crippen molar-refractivity contribution in [1.82, 2.24) is 0 Å². The van der Waals surface area contributed by atoms with Crippen LogP contribution in [-0.4, -0.2) is 25.9 Å². The molecule has 1 aliphatic rings. The second-order valence-corrected chi connectivity index (χ2v) is 6.19. The van der Waals surface area contributed by atoms with E-state index < -0.39 is 0 Å². The van der Waals surface area contributed by atoms with Crippen LogP contribution in [0.4, 0.5) is 0 Å².